The van der Waals surface area contributed by atoms with Crippen molar-refractivity contribution in [3.05, 3.63) is 28.8 Å². The van der Waals surface area contributed by atoms with Crippen molar-refractivity contribution in [1.29, 1.82) is 0 Å². The quantitative estimate of drug-likeness (QED) is 0.683. The van der Waals surface area contributed by atoms with Crippen molar-refractivity contribution in [2.45, 2.75) is 18.8 Å². The first-order valence-electron chi connectivity index (χ1n) is 4.14. The van der Waals surface area contributed by atoms with Gasteiger partial charge in [0, 0.05) is 0 Å². The zero-order valence-corrected chi connectivity index (χ0v) is 7.77. The van der Waals surface area contributed by atoms with Crippen LogP contribution in [0.5, 0.6) is 5.75 Å². The predicted molar refractivity (Wildman–Crippen MR) is 50.0 cm³/mol. The lowest BCUT2D eigenvalue weighted by Gasteiger charge is -2.04. The smallest absolute Gasteiger partial charge is 0.137 e. The zero-order valence-electron chi connectivity index (χ0n) is 7.01. The van der Waals surface area contributed by atoms with Crippen molar-refractivity contribution >= 4 is 11.6 Å². The summed E-state index contributed by atoms with van der Waals surface area (Å²) in [7, 11) is 1.65. The van der Waals surface area contributed by atoms with Gasteiger partial charge in [0.15, 0.2) is 0 Å². The molecular weight excluding hydrogens is 172 g/mol. The number of rotatable bonds is 2. The van der Waals surface area contributed by atoms with Crippen LogP contribution < -0.4 is 4.74 Å². The van der Waals surface area contributed by atoms with Crippen LogP contribution in [0.3, 0.4) is 0 Å². The summed E-state index contributed by atoms with van der Waals surface area (Å²) >= 11 is 5.90. The molecule has 0 N–H and O–H groups in total. The number of hydrogen-bond acceptors (Lipinski definition) is 1. The van der Waals surface area contributed by atoms with Crippen molar-refractivity contribution in [2.75, 3.05) is 7.11 Å². The Labute approximate surface area is 77.3 Å². The van der Waals surface area contributed by atoms with Gasteiger partial charge in [-0.1, -0.05) is 17.7 Å². The largest absolute Gasteiger partial charge is 0.495 e. The van der Waals surface area contributed by atoms with Gasteiger partial charge in [0.1, 0.15) is 5.75 Å². The lowest BCUT2D eigenvalue weighted by Crippen LogP contribution is -1.86. The van der Waals surface area contributed by atoms with Gasteiger partial charge in [-0.05, 0) is 36.5 Å². The van der Waals surface area contributed by atoms with Crippen molar-refractivity contribution in [3.63, 3.8) is 0 Å². The Bertz CT molecular complexity index is 292. The monoisotopic (exact) mass is 182 g/mol. The van der Waals surface area contributed by atoms with E-state index >= 15 is 0 Å². The number of hydrogen-bond donors (Lipinski definition) is 0. The molecule has 1 aliphatic rings. The van der Waals surface area contributed by atoms with E-state index in [4.69, 9.17) is 16.3 Å². The van der Waals surface area contributed by atoms with Gasteiger partial charge >= 0.3 is 0 Å². The lowest BCUT2D eigenvalue weighted by atomic mass is 10.1. The van der Waals surface area contributed by atoms with Gasteiger partial charge in [0.25, 0.3) is 0 Å². The molecule has 0 unspecified atom stereocenters. The van der Waals surface area contributed by atoms with Gasteiger partial charge in [-0.3, -0.25) is 0 Å². The van der Waals surface area contributed by atoms with Gasteiger partial charge in [0.05, 0.1) is 12.1 Å². The number of methoxy groups -OCH3 is 1. The third-order valence-corrected chi connectivity index (χ3v) is 2.54. The summed E-state index contributed by atoms with van der Waals surface area (Å²) in [6.45, 7) is 0. The highest BCUT2D eigenvalue weighted by Crippen LogP contribution is 2.42. The highest BCUT2D eigenvalue weighted by atomic mass is 35.5. The molecule has 1 aromatic rings. The molecular formula is C10H11ClO. The maximum Gasteiger partial charge on any atom is 0.137 e. The maximum atomic E-state index is 5.90. The Kier molecular flexibility index (Phi) is 1.97. The molecule has 0 spiro atoms. The molecule has 0 aliphatic heterocycles. The maximum absolute atomic E-state index is 5.90. The molecule has 0 amide bonds. The second-order valence-electron chi connectivity index (χ2n) is 3.17. The molecule has 2 heteroatoms. The van der Waals surface area contributed by atoms with Crippen LogP contribution in [-0.2, 0) is 0 Å². The van der Waals surface area contributed by atoms with E-state index in [1.165, 1.54) is 18.4 Å². The van der Waals surface area contributed by atoms with Gasteiger partial charge < -0.3 is 4.74 Å². The van der Waals surface area contributed by atoms with Crippen molar-refractivity contribution in [2.24, 2.45) is 0 Å². The summed E-state index contributed by atoms with van der Waals surface area (Å²) in [5.74, 6) is 1.55. The van der Waals surface area contributed by atoms with Crippen LogP contribution in [0.2, 0.25) is 5.02 Å². The minimum Gasteiger partial charge on any atom is -0.495 e. The molecule has 12 heavy (non-hydrogen) atoms. The predicted octanol–water partition coefficient (Wildman–Crippen LogP) is 3.23. The van der Waals surface area contributed by atoms with Gasteiger partial charge in [-0.25, -0.2) is 0 Å². The normalized spacial score (nSPS) is 16.2. The van der Waals surface area contributed by atoms with Crippen LogP contribution in [0.25, 0.3) is 0 Å². The van der Waals surface area contributed by atoms with Crippen LogP contribution in [0.15, 0.2) is 18.2 Å². The molecule has 0 atom stereocenters. The number of halogens is 1. The topological polar surface area (TPSA) is 9.23 Å². The molecule has 2 rings (SSSR count). The average molecular weight is 183 g/mol. The molecule has 0 heterocycles. The highest BCUT2D eigenvalue weighted by molar-refractivity contribution is 6.32. The second kappa shape index (κ2) is 2.98. The van der Waals surface area contributed by atoms with E-state index in [9.17, 15) is 0 Å². The molecule has 0 radical (unpaired) electrons. The van der Waals surface area contributed by atoms with Crippen LogP contribution in [0.4, 0.5) is 0 Å². The van der Waals surface area contributed by atoms with E-state index in [2.05, 4.69) is 6.07 Å². The summed E-state index contributed by atoms with van der Waals surface area (Å²) < 4.78 is 5.13. The van der Waals surface area contributed by atoms with E-state index in [0.717, 1.165) is 11.7 Å². The second-order valence-corrected chi connectivity index (χ2v) is 3.58. The molecule has 0 saturated heterocycles. The van der Waals surface area contributed by atoms with Crippen LogP contribution in [0, 0.1) is 0 Å². The van der Waals surface area contributed by atoms with E-state index in [1.807, 2.05) is 12.1 Å². The fourth-order valence-corrected chi connectivity index (χ4v) is 1.54. The molecule has 1 saturated carbocycles. The summed E-state index contributed by atoms with van der Waals surface area (Å²) in [5, 5.41) is 0.696. The molecule has 1 aromatic carbocycles. The minimum absolute atomic E-state index is 0.696. The Morgan fingerprint density at radius 2 is 2.17 bits per heavy atom. The van der Waals surface area contributed by atoms with Gasteiger partial charge in [-0.2, -0.15) is 0 Å². The molecule has 1 nitrogen and oxygen atoms in total. The number of ether oxygens (including phenoxy) is 1. The van der Waals surface area contributed by atoms with E-state index < -0.39 is 0 Å². The SMILES string of the molecule is COc1cc(C2CC2)ccc1Cl. The Balaban J connectivity index is 2.33. The van der Waals surface area contributed by atoms with E-state index in [-0.39, 0.29) is 0 Å². The Morgan fingerprint density at radius 1 is 1.42 bits per heavy atom. The summed E-state index contributed by atoms with van der Waals surface area (Å²) in [4.78, 5) is 0. The first-order chi connectivity index (χ1) is 5.81. The molecule has 1 fully saturated rings. The van der Waals surface area contributed by atoms with Crippen molar-refractivity contribution in [1.82, 2.24) is 0 Å². The standard InChI is InChI=1S/C10H11ClO/c1-12-10-6-8(7-2-3-7)4-5-9(10)11/h4-7H,2-3H2,1H3. The lowest BCUT2D eigenvalue weighted by molar-refractivity contribution is 0.414. The Morgan fingerprint density at radius 3 is 2.75 bits per heavy atom. The van der Waals surface area contributed by atoms with E-state index in [1.54, 1.807) is 7.11 Å². The van der Waals surface area contributed by atoms with Gasteiger partial charge in [0.2, 0.25) is 0 Å². The molecule has 1 aliphatic carbocycles. The number of benzene rings is 1. The third kappa shape index (κ3) is 1.42. The van der Waals surface area contributed by atoms with Crippen LogP contribution in [-0.4, -0.2) is 7.11 Å². The van der Waals surface area contributed by atoms with Crippen LogP contribution in [0.1, 0.15) is 24.3 Å². The van der Waals surface area contributed by atoms with Gasteiger partial charge in [-0.15, -0.1) is 0 Å². The van der Waals surface area contributed by atoms with Crippen LogP contribution >= 0.6 is 11.6 Å². The molecule has 0 bridgehead atoms. The average Bonchev–Trinajstić information content (AvgIpc) is 2.88. The van der Waals surface area contributed by atoms with Crippen molar-refractivity contribution < 1.29 is 4.74 Å². The fourth-order valence-electron chi connectivity index (χ4n) is 1.35. The summed E-state index contributed by atoms with van der Waals surface area (Å²) in [6.07, 6.45) is 2.62. The van der Waals surface area contributed by atoms with Crippen molar-refractivity contribution in [3.8, 4) is 5.75 Å². The minimum atomic E-state index is 0.696. The fraction of sp³-hybridized carbons (Fsp3) is 0.400. The molecule has 0 aromatic heterocycles. The molecule has 64 valence electrons. The van der Waals surface area contributed by atoms with E-state index in [0.29, 0.717) is 5.02 Å². The zero-order chi connectivity index (χ0) is 8.55. The first kappa shape index (κ1) is 7.93. The summed E-state index contributed by atoms with van der Waals surface area (Å²) in [6, 6.07) is 6.04. The Hall–Kier alpha value is -0.690. The first-order valence-corrected chi connectivity index (χ1v) is 4.52. The highest BCUT2D eigenvalue weighted by Gasteiger charge is 2.23. The summed E-state index contributed by atoms with van der Waals surface area (Å²) in [5.41, 5.74) is 1.36. The third-order valence-electron chi connectivity index (χ3n) is 2.22.